The van der Waals surface area contributed by atoms with Crippen molar-refractivity contribution in [2.24, 2.45) is 11.3 Å². The van der Waals surface area contributed by atoms with E-state index in [1.165, 1.54) is 0 Å². The molecule has 1 saturated carbocycles. The Morgan fingerprint density at radius 2 is 2.10 bits per heavy atom. The van der Waals surface area contributed by atoms with E-state index < -0.39 is 12.0 Å². The Morgan fingerprint density at radius 3 is 2.69 bits per heavy atom. The van der Waals surface area contributed by atoms with Crippen LogP contribution in [0.3, 0.4) is 0 Å². The molecule has 1 N–H and O–H groups in total. The van der Waals surface area contributed by atoms with Crippen LogP contribution in [0, 0.1) is 18.3 Å². The Hall–Kier alpha value is -2.97. The molecule has 1 aliphatic heterocycles. The molecule has 0 radical (unpaired) electrons. The number of rotatable bonds is 6. The van der Waals surface area contributed by atoms with Gasteiger partial charge in [-0.25, -0.2) is 4.68 Å². The predicted octanol–water partition coefficient (Wildman–Crippen LogP) is 1.49. The minimum absolute atomic E-state index is 0.0365. The minimum atomic E-state index is -0.718. The van der Waals surface area contributed by atoms with Crippen molar-refractivity contribution in [2.75, 3.05) is 20.2 Å². The smallest absolute Gasteiger partial charge is 0.307 e. The lowest BCUT2D eigenvalue weighted by atomic mass is 9.90. The van der Waals surface area contributed by atoms with Gasteiger partial charge in [0.05, 0.1) is 13.0 Å². The SMILES string of the molecule is COc1cccc(CC(C(=O)N2CCC3(CC2)CC3C(=O)O)n2nnnc2C)c1. The lowest BCUT2D eigenvalue weighted by Crippen LogP contribution is -2.44. The molecule has 1 saturated heterocycles. The van der Waals surface area contributed by atoms with Crippen LogP contribution < -0.4 is 4.74 Å². The number of carboxylic acid groups (broad SMARTS) is 1. The number of aromatic nitrogens is 4. The highest BCUT2D eigenvalue weighted by Crippen LogP contribution is 2.59. The number of benzene rings is 1. The van der Waals surface area contributed by atoms with E-state index in [-0.39, 0.29) is 17.2 Å². The molecule has 2 aliphatic rings. The summed E-state index contributed by atoms with van der Waals surface area (Å²) in [4.78, 5) is 26.5. The summed E-state index contributed by atoms with van der Waals surface area (Å²) in [5, 5.41) is 21.0. The fourth-order valence-electron chi connectivity index (χ4n) is 4.46. The second-order valence-electron chi connectivity index (χ2n) is 8.02. The van der Waals surface area contributed by atoms with Crippen LogP contribution in [-0.2, 0) is 16.0 Å². The molecule has 1 amide bonds. The Balaban J connectivity index is 1.51. The molecule has 2 fully saturated rings. The first-order valence-electron chi connectivity index (χ1n) is 9.82. The number of tetrazole rings is 1. The van der Waals surface area contributed by atoms with Gasteiger partial charge in [0.25, 0.3) is 0 Å². The second kappa shape index (κ2) is 7.46. The van der Waals surface area contributed by atoms with Gasteiger partial charge in [0.1, 0.15) is 17.6 Å². The average Bonchev–Trinajstić information content (AvgIpc) is 3.27. The first-order chi connectivity index (χ1) is 13.9. The number of piperidine rings is 1. The fraction of sp³-hybridized carbons (Fsp3) is 0.550. The van der Waals surface area contributed by atoms with Gasteiger partial charge in [-0.3, -0.25) is 9.59 Å². The van der Waals surface area contributed by atoms with Crippen molar-refractivity contribution in [3.05, 3.63) is 35.7 Å². The third-order valence-corrected chi connectivity index (χ3v) is 6.36. The van der Waals surface area contributed by atoms with Gasteiger partial charge in [0.2, 0.25) is 5.91 Å². The second-order valence-corrected chi connectivity index (χ2v) is 8.02. The van der Waals surface area contributed by atoms with Crippen LogP contribution >= 0.6 is 0 Å². The van der Waals surface area contributed by atoms with E-state index in [9.17, 15) is 14.7 Å². The molecule has 4 rings (SSSR count). The van der Waals surface area contributed by atoms with Crippen LogP contribution in [0.5, 0.6) is 5.75 Å². The number of aliphatic carboxylic acids is 1. The summed E-state index contributed by atoms with van der Waals surface area (Å²) in [6, 6.07) is 7.07. The monoisotopic (exact) mass is 399 g/mol. The Kier molecular flexibility index (Phi) is 4.97. The van der Waals surface area contributed by atoms with Gasteiger partial charge in [-0.15, -0.1) is 5.10 Å². The number of carbonyl (C=O) groups is 2. The number of carboxylic acids is 1. The number of hydrogen-bond acceptors (Lipinski definition) is 6. The Labute approximate surface area is 168 Å². The van der Waals surface area contributed by atoms with E-state index >= 15 is 0 Å². The third-order valence-electron chi connectivity index (χ3n) is 6.36. The maximum atomic E-state index is 13.4. The fourth-order valence-corrected chi connectivity index (χ4v) is 4.46. The van der Waals surface area contributed by atoms with Crippen LogP contribution in [0.15, 0.2) is 24.3 Å². The van der Waals surface area contributed by atoms with Crippen molar-refractivity contribution in [2.45, 2.75) is 38.6 Å². The van der Waals surface area contributed by atoms with Gasteiger partial charge < -0.3 is 14.7 Å². The molecule has 154 valence electrons. The standard InChI is InChI=1S/C20H25N5O4/c1-13-21-22-23-25(13)17(11-14-4-3-5-15(10-14)29-2)18(26)24-8-6-20(7-9-24)12-16(20)19(27)28/h3-5,10,16-17H,6-9,11-12H2,1-2H3,(H,27,28). The number of ether oxygens (including phenoxy) is 1. The van der Waals surface area contributed by atoms with Gasteiger partial charge >= 0.3 is 5.97 Å². The maximum absolute atomic E-state index is 13.4. The lowest BCUT2D eigenvalue weighted by Gasteiger charge is -2.35. The molecule has 2 unspecified atom stereocenters. The highest BCUT2D eigenvalue weighted by Gasteiger charge is 2.59. The quantitative estimate of drug-likeness (QED) is 0.783. The topological polar surface area (TPSA) is 110 Å². The first kappa shape index (κ1) is 19.4. The summed E-state index contributed by atoms with van der Waals surface area (Å²) in [5.41, 5.74) is 0.842. The van der Waals surface area contributed by atoms with Gasteiger partial charge in [-0.2, -0.15) is 0 Å². The van der Waals surface area contributed by atoms with E-state index in [0.29, 0.717) is 25.3 Å². The predicted molar refractivity (Wildman–Crippen MR) is 102 cm³/mol. The zero-order valence-corrected chi connectivity index (χ0v) is 16.6. The van der Waals surface area contributed by atoms with E-state index in [4.69, 9.17) is 4.74 Å². The molecule has 9 heteroatoms. The Bertz CT molecular complexity index is 919. The number of aryl methyl sites for hydroxylation is 1. The third kappa shape index (κ3) is 3.68. The number of hydrogen-bond donors (Lipinski definition) is 1. The first-order valence-corrected chi connectivity index (χ1v) is 9.82. The van der Waals surface area contributed by atoms with Crippen LogP contribution in [0.1, 0.15) is 36.7 Å². The summed E-state index contributed by atoms with van der Waals surface area (Å²) in [7, 11) is 1.61. The van der Waals surface area contributed by atoms with E-state index in [1.54, 1.807) is 18.7 Å². The summed E-state index contributed by atoms with van der Waals surface area (Å²) in [6.45, 7) is 2.91. The summed E-state index contributed by atoms with van der Waals surface area (Å²) in [5.74, 6) is 0.299. The van der Waals surface area contributed by atoms with Gasteiger partial charge in [0.15, 0.2) is 0 Å². The largest absolute Gasteiger partial charge is 0.497 e. The molecule has 2 atom stereocenters. The molecular weight excluding hydrogens is 374 g/mol. The van der Waals surface area contributed by atoms with E-state index in [2.05, 4.69) is 15.5 Å². The van der Waals surface area contributed by atoms with Crippen molar-refractivity contribution in [1.82, 2.24) is 25.1 Å². The molecule has 1 aromatic heterocycles. The highest BCUT2D eigenvalue weighted by molar-refractivity contribution is 5.81. The molecule has 0 bridgehead atoms. The zero-order chi connectivity index (χ0) is 20.6. The molecular formula is C20H25N5O4. The van der Waals surface area contributed by atoms with Gasteiger partial charge in [0, 0.05) is 19.5 Å². The zero-order valence-electron chi connectivity index (χ0n) is 16.6. The minimum Gasteiger partial charge on any atom is -0.497 e. The summed E-state index contributed by atoms with van der Waals surface area (Å²) in [6.07, 6.45) is 2.64. The number of nitrogens with zero attached hydrogens (tertiary/aromatic N) is 5. The van der Waals surface area contributed by atoms with Gasteiger partial charge in [-0.1, -0.05) is 12.1 Å². The molecule has 2 aromatic rings. The van der Waals surface area contributed by atoms with Crippen molar-refractivity contribution in [1.29, 1.82) is 0 Å². The lowest BCUT2D eigenvalue weighted by molar-refractivity contribution is -0.140. The molecule has 29 heavy (non-hydrogen) atoms. The molecule has 9 nitrogen and oxygen atoms in total. The van der Waals surface area contributed by atoms with Crippen molar-refractivity contribution < 1.29 is 19.4 Å². The molecule has 1 aromatic carbocycles. The van der Waals surface area contributed by atoms with Crippen molar-refractivity contribution in [3.63, 3.8) is 0 Å². The van der Waals surface area contributed by atoms with Crippen LogP contribution in [0.2, 0.25) is 0 Å². The number of amides is 1. The van der Waals surface area contributed by atoms with Crippen LogP contribution in [0.25, 0.3) is 0 Å². The molecule has 1 aliphatic carbocycles. The highest BCUT2D eigenvalue weighted by atomic mass is 16.5. The summed E-state index contributed by atoms with van der Waals surface area (Å²) >= 11 is 0. The van der Waals surface area contributed by atoms with Crippen LogP contribution in [-0.4, -0.2) is 62.3 Å². The average molecular weight is 399 g/mol. The number of carbonyl (C=O) groups excluding carboxylic acids is 1. The van der Waals surface area contributed by atoms with Crippen molar-refractivity contribution >= 4 is 11.9 Å². The maximum Gasteiger partial charge on any atom is 0.307 e. The molecule has 1 spiro atoms. The normalized spacial score (nSPS) is 21.0. The van der Waals surface area contributed by atoms with E-state index in [0.717, 1.165) is 30.6 Å². The number of likely N-dealkylation sites (tertiary alicyclic amines) is 1. The Morgan fingerprint density at radius 1 is 1.34 bits per heavy atom. The molecule has 2 heterocycles. The summed E-state index contributed by atoms with van der Waals surface area (Å²) < 4.78 is 6.87. The van der Waals surface area contributed by atoms with Crippen LogP contribution in [0.4, 0.5) is 0 Å². The van der Waals surface area contributed by atoms with Crippen molar-refractivity contribution in [3.8, 4) is 5.75 Å². The number of methoxy groups -OCH3 is 1. The van der Waals surface area contributed by atoms with Gasteiger partial charge in [-0.05, 0) is 59.7 Å². The van der Waals surface area contributed by atoms with E-state index in [1.807, 2.05) is 29.2 Å².